The normalized spacial score (nSPS) is 12.4. The second-order valence-electron chi connectivity index (χ2n) is 2.77. The van der Waals surface area contributed by atoms with Crippen molar-refractivity contribution in [3.8, 4) is 0 Å². The van der Waals surface area contributed by atoms with Gasteiger partial charge in [-0.2, -0.15) is 0 Å². The smallest absolute Gasteiger partial charge is 0.314 e. The largest absolute Gasteiger partial charge is 0.481 e. The van der Waals surface area contributed by atoms with Gasteiger partial charge in [0.05, 0.1) is 8.66 Å². The molecule has 0 aliphatic heterocycles. The Morgan fingerprint density at radius 2 is 2.21 bits per heavy atom. The molecular formula is C9H9BrO3S. The van der Waals surface area contributed by atoms with Gasteiger partial charge in [0.2, 0.25) is 0 Å². The Bertz CT molecular complexity index is 359. The molecule has 0 saturated carbocycles. The van der Waals surface area contributed by atoms with Gasteiger partial charge in [0.25, 0.3) is 0 Å². The van der Waals surface area contributed by atoms with Crippen LogP contribution in [0.15, 0.2) is 15.9 Å². The van der Waals surface area contributed by atoms with E-state index in [-0.39, 0.29) is 5.78 Å². The van der Waals surface area contributed by atoms with E-state index < -0.39 is 11.9 Å². The SMILES string of the molecule is CCC(C(=O)O)C(=O)c1ccc(Br)s1. The van der Waals surface area contributed by atoms with E-state index in [0.29, 0.717) is 11.3 Å². The van der Waals surface area contributed by atoms with Gasteiger partial charge in [0.1, 0.15) is 5.92 Å². The molecule has 14 heavy (non-hydrogen) atoms. The van der Waals surface area contributed by atoms with Crippen molar-refractivity contribution in [3.05, 3.63) is 20.8 Å². The molecule has 0 fully saturated rings. The number of hydrogen-bond acceptors (Lipinski definition) is 3. The van der Waals surface area contributed by atoms with Gasteiger partial charge in [-0.15, -0.1) is 11.3 Å². The molecule has 1 unspecified atom stereocenters. The van der Waals surface area contributed by atoms with Gasteiger partial charge in [-0.3, -0.25) is 9.59 Å². The van der Waals surface area contributed by atoms with Crippen LogP contribution in [0.2, 0.25) is 0 Å². The summed E-state index contributed by atoms with van der Waals surface area (Å²) in [4.78, 5) is 22.9. The molecule has 0 aliphatic rings. The highest BCUT2D eigenvalue weighted by Gasteiger charge is 2.26. The molecule has 0 radical (unpaired) electrons. The van der Waals surface area contributed by atoms with Crippen molar-refractivity contribution in [1.29, 1.82) is 0 Å². The zero-order chi connectivity index (χ0) is 10.7. The molecule has 1 rings (SSSR count). The van der Waals surface area contributed by atoms with Gasteiger partial charge < -0.3 is 5.11 Å². The molecule has 0 amide bonds. The summed E-state index contributed by atoms with van der Waals surface area (Å²) < 4.78 is 0.834. The van der Waals surface area contributed by atoms with Crippen molar-refractivity contribution in [1.82, 2.24) is 0 Å². The van der Waals surface area contributed by atoms with E-state index in [1.54, 1.807) is 19.1 Å². The zero-order valence-corrected chi connectivity index (χ0v) is 9.89. The minimum Gasteiger partial charge on any atom is -0.481 e. The van der Waals surface area contributed by atoms with Crippen LogP contribution in [0.5, 0.6) is 0 Å². The topological polar surface area (TPSA) is 54.4 Å². The Morgan fingerprint density at radius 1 is 1.57 bits per heavy atom. The number of hydrogen-bond donors (Lipinski definition) is 1. The summed E-state index contributed by atoms with van der Waals surface area (Å²) in [5, 5.41) is 8.78. The number of carboxylic acid groups (broad SMARTS) is 1. The predicted octanol–water partition coefficient (Wildman–Crippen LogP) is 2.80. The summed E-state index contributed by atoms with van der Waals surface area (Å²) >= 11 is 4.49. The van der Waals surface area contributed by atoms with Crippen LogP contribution in [0.3, 0.4) is 0 Å². The molecule has 1 heterocycles. The second-order valence-corrected chi connectivity index (χ2v) is 5.23. The summed E-state index contributed by atoms with van der Waals surface area (Å²) in [5.74, 6) is -2.28. The van der Waals surface area contributed by atoms with E-state index in [1.807, 2.05) is 0 Å². The van der Waals surface area contributed by atoms with Gasteiger partial charge in [-0.05, 0) is 34.5 Å². The van der Waals surface area contributed by atoms with Crippen LogP contribution in [0, 0.1) is 5.92 Å². The Labute approximate surface area is 93.9 Å². The summed E-state index contributed by atoms with van der Waals surface area (Å²) in [6.07, 6.45) is 0.323. The second kappa shape index (κ2) is 4.70. The van der Waals surface area contributed by atoms with Gasteiger partial charge in [-0.1, -0.05) is 6.92 Å². The predicted molar refractivity (Wildman–Crippen MR) is 57.8 cm³/mol. The zero-order valence-electron chi connectivity index (χ0n) is 7.49. The lowest BCUT2D eigenvalue weighted by Gasteiger charge is -2.05. The van der Waals surface area contributed by atoms with E-state index in [2.05, 4.69) is 15.9 Å². The van der Waals surface area contributed by atoms with Crippen LogP contribution in [-0.2, 0) is 4.79 Å². The molecule has 1 aromatic rings. The monoisotopic (exact) mass is 276 g/mol. The third kappa shape index (κ3) is 2.42. The van der Waals surface area contributed by atoms with Crippen molar-refractivity contribution in [3.63, 3.8) is 0 Å². The molecule has 5 heteroatoms. The molecule has 0 aromatic carbocycles. The third-order valence-electron chi connectivity index (χ3n) is 1.84. The maximum atomic E-state index is 11.6. The van der Waals surface area contributed by atoms with Crippen LogP contribution in [0.4, 0.5) is 0 Å². The lowest BCUT2D eigenvalue weighted by molar-refractivity contribution is -0.140. The van der Waals surface area contributed by atoms with E-state index >= 15 is 0 Å². The minimum absolute atomic E-state index is 0.310. The highest BCUT2D eigenvalue weighted by atomic mass is 79.9. The van der Waals surface area contributed by atoms with Crippen molar-refractivity contribution >= 4 is 39.0 Å². The Kier molecular flexibility index (Phi) is 3.83. The molecule has 1 aromatic heterocycles. The van der Waals surface area contributed by atoms with Gasteiger partial charge in [0.15, 0.2) is 5.78 Å². The van der Waals surface area contributed by atoms with Crippen molar-refractivity contribution in [2.75, 3.05) is 0 Å². The van der Waals surface area contributed by atoms with Crippen LogP contribution < -0.4 is 0 Å². The fourth-order valence-corrected chi connectivity index (χ4v) is 2.47. The number of Topliss-reactive ketones (excluding diaryl/α,β-unsaturated/α-hetero) is 1. The average Bonchev–Trinajstić information content (AvgIpc) is 2.52. The van der Waals surface area contributed by atoms with E-state index in [1.165, 1.54) is 11.3 Å². The number of carbonyl (C=O) groups is 2. The van der Waals surface area contributed by atoms with Gasteiger partial charge >= 0.3 is 5.97 Å². The summed E-state index contributed by atoms with van der Waals surface area (Å²) in [7, 11) is 0. The standard InChI is InChI=1S/C9H9BrO3S/c1-2-5(9(12)13)8(11)6-3-4-7(10)14-6/h3-5H,2H2,1H3,(H,12,13). The number of rotatable bonds is 4. The first-order chi connectivity index (χ1) is 6.56. The molecule has 0 spiro atoms. The first-order valence-electron chi connectivity index (χ1n) is 4.08. The van der Waals surface area contributed by atoms with E-state index in [4.69, 9.17) is 5.11 Å². The van der Waals surface area contributed by atoms with Crippen LogP contribution in [0.1, 0.15) is 23.0 Å². The molecule has 76 valence electrons. The quantitative estimate of drug-likeness (QED) is 0.680. The molecule has 0 bridgehead atoms. The van der Waals surface area contributed by atoms with Crippen LogP contribution >= 0.6 is 27.3 Å². The van der Waals surface area contributed by atoms with E-state index in [9.17, 15) is 9.59 Å². The number of halogens is 1. The fraction of sp³-hybridized carbons (Fsp3) is 0.333. The Hall–Kier alpha value is -0.680. The Morgan fingerprint density at radius 3 is 2.57 bits per heavy atom. The first-order valence-corrected chi connectivity index (χ1v) is 5.69. The van der Waals surface area contributed by atoms with Gasteiger partial charge in [0, 0.05) is 0 Å². The summed E-state index contributed by atoms with van der Waals surface area (Å²) in [6, 6.07) is 3.38. The molecule has 0 saturated heterocycles. The highest BCUT2D eigenvalue weighted by Crippen LogP contribution is 2.25. The number of carbonyl (C=O) groups excluding carboxylic acids is 1. The lowest BCUT2D eigenvalue weighted by atomic mass is 10.0. The maximum absolute atomic E-state index is 11.6. The Balaban J connectivity index is 2.88. The highest BCUT2D eigenvalue weighted by molar-refractivity contribution is 9.11. The molecule has 3 nitrogen and oxygen atoms in total. The fourth-order valence-electron chi connectivity index (χ4n) is 1.09. The average molecular weight is 277 g/mol. The van der Waals surface area contributed by atoms with Crippen molar-refractivity contribution < 1.29 is 14.7 Å². The van der Waals surface area contributed by atoms with Crippen molar-refractivity contribution in [2.45, 2.75) is 13.3 Å². The van der Waals surface area contributed by atoms with Crippen LogP contribution in [-0.4, -0.2) is 16.9 Å². The maximum Gasteiger partial charge on any atom is 0.314 e. The molecule has 0 aliphatic carbocycles. The lowest BCUT2D eigenvalue weighted by Crippen LogP contribution is -2.22. The minimum atomic E-state index is -1.05. The number of aliphatic carboxylic acids is 1. The van der Waals surface area contributed by atoms with E-state index in [0.717, 1.165) is 3.79 Å². The van der Waals surface area contributed by atoms with Crippen molar-refractivity contribution in [2.24, 2.45) is 5.92 Å². The summed E-state index contributed by atoms with van der Waals surface area (Å²) in [5.41, 5.74) is 0. The molecule has 1 atom stereocenters. The number of thiophene rings is 1. The molecular weight excluding hydrogens is 268 g/mol. The first kappa shape index (κ1) is 11.4. The number of carboxylic acids is 1. The number of ketones is 1. The third-order valence-corrected chi connectivity index (χ3v) is 3.48. The molecule has 1 N–H and O–H groups in total. The van der Waals surface area contributed by atoms with Crippen LogP contribution in [0.25, 0.3) is 0 Å². The summed E-state index contributed by atoms with van der Waals surface area (Å²) in [6.45, 7) is 1.69. The van der Waals surface area contributed by atoms with Gasteiger partial charge in [-0.25, -0.2) is 0 Å².